The number of nitrogens with zero attached hydrogens (tertiary/aromatic N) is 2. The Morgan fingerprint density at radius 2 is 2.09 bits per heavy atom. The standard InChI is InChI=1S/C16H18N4O2/c1-10(11-6-8-12(22-2)9-7-11)17-20-16(21)15-13-4-3-5-14(13)18-19-15/h6-9H,3-5H2,1-2H3,(H,18,19)(H,20,21). The topological polar surface area (TPSA) is 79.4 Å². The molecule has 22 heavy (non-hydrogen) atoms. The number of rotatable bonds is 4. The average molecular weight is 298 g/mol. The molecule has 1 aliphatic rings. The van der Waals surface area contributed by atoms with Gasteiger partial charge in [-0.05, 0) is 56.0 Å². The Balaban J connectivity index is 1.70. The molecule has 1 aliphatic carbocycles. The summed E-state index contributed by atoms with van der Waals surface area (Å²) in [6, 6.07) is 7.51. The molecule has 0 radical (unpaired) electrons. The lowest BCUT2D eigenvalue weighted by Crippen LogP contribution is -2.21. The monoisotopic (exact) mass is 298 g/mol. The van der Waals surface area contributed by atoms with E-state index in [0.29, 0.717) is 5.69 Å². The van der Waals surface area contributed by atoms with Gasteiger partial charge >= 0.3 is 0 Å². The van der Waals surface area contributed by atoms with Crippen LogP contribution in [0.2, 0.25) is 0 Å². The number of ether oxygens (including phenoxy) is 1. The van der Waals surface area contributed by atoms with Crippen LogP contribution in [0, 0.1) is 0 Å². The van der Waals surface area contributed by atoms with Crippen molar-refractivity contribution in [3.8, 4) is 5.75 Å². The largest absolute Gasteiger partial charge is 0.497 e. The Morgan fingerprint density at radius 1 is 1.32 bits per heavy atom. The van der Waals surface area contributed by atoms with Crippen LogP contribution in [0.3, 0.4) is 0 Å². The quantitative estimate of drug-likeness (QED) is 0.670. The third-order valence-corrected chi connectivity index (χ3v) is 3.85. The van der Waals surface area contributed by atoms with Crippen molar-refractivity contribution in [2.24, 2.45) is 5.10 Å². The Hall–Kier alpha value is -2.63. The summed E-state index contributed by atoms with van der Waals surface area (Å²) in [6.45, 7) is 1.84. The number of hydrazone groups is 1. The van der Waals surface area contributed by atoms with E-state index in [9.17, 15) is 4.79 Å². The first kappa shape index (κ1) is 14.3. The zero-order valence-electron chi connectivity index (χ0n) is 12.6. The number of hydrogen-bond donors (Lipinski definition) is 2. The SMILES string of the molecule is COc1ccc(C(C)=NNC(=O)c2n[nH]c3c2CCC3)cc1. The van der Waals surface area contributed by atoms with Crippen LogP contribution < -0.4 is 10.2 Å². The van der Waals surface area contributed by atoms with Gasteiger partial charge < -0.3 is 4.74 Å². The van der Waals surface area contributed by atoms with E-state index in [1.807, 2.05) is 31.2 Å². The van der Waals surface area contributed by atoms with E-state index in [0.717, 1.165) is 47.5 Å². The zero-order valence-corrected chi connectivity index (χ0v) is 12.6. The molecule has 1 heterocycles. The molecule has 0 spiro atoms. The number of nitrogens with one attached hydrogen (secondary N) is 2. The van der Waals surface area contributed by atoms with Crippen molar-refractivity contribution in [1.82, 2.24) is 15.6 Å². The summed E-state index contributed by atoms with van der Waals surface area (Å²) in [4.78, 5) is 12.2. The molecule has 6 heteroatoms. The fraction of sp³-hybridized carbons (Fsp3) is 0.312. The number of hydrogen-bond acceptors (Lipinski definition) is 4. The first-order chi connectivity index (χ1) is 10.7. The number of amides is 1. The van der Waals surface area contributed by atoms with Gasteiger partial charge in [-0.2, -0.15) is 10.2 Å². The predicted octanol–water partition coefficient (Wildman–Crippen LogP) is 2.06. The van der Waals surface area contributed by atoms with Gasteiger partial charge in [-0.25, -0.2) is 5.43 Å². The summed E-state index contributed by atoms with van der Waals surface area (Å²) in [6.07, 6.45) is 2.93. The normalized spacial score (nSPS) is 13.8. The summed E-state index contributed by atoms with van der Waals surface area (Å²) in [5.41, 5.74) is 6.78. The number of H-pyrrole nitrogens is 1. The van der Waals surface area contributed by atoms with E-state index >= 15 is 0 Å². The summed E-state index contributed by atoms with van der Waals surface area (Å²) >= 11 is 0. The number of benzene rings is 1. The highest BCUT2D eigenvalue weighted by Gasteiger charge is 2.22. The van der Waals surface area contributed by atoms with Crippen LogP contribution in [0.15, 0.2) is 29.4 Å². The molecule has 0 saturated carbocycles. The molecule has 114 valence electrons. The molecule has 1 amide bonds. The van der Waals surface area contributed by atoms with Crippen LogP contribution in [0.25, 0.3) is 0 Å². The zero-order chi connectivity index (χ0) is 15.5. The van der Waals surface area contributed by atoms with E-state index in [2.05, 4.69) is 20.7 Å². The van der Waals surface area contributed by atoms with Gasteiger partial charge in [-0.1, -0.05) is 0 Å². The Kier molecular flexibility index (Phi) is 3.91. The van der Waals surface area contributed by atoms with Crippen molar-refractivity contribution in [1.29, 1.82) is 0 Å². The summed E-state index contributed by atoms with van der Waals surface area (Å²) in [5.74, 6) is 0.514. The molecule has 2 N–H and O–H groups in total. The van der Waals surface area contributed by atoms with Crippen LogP contribution in [0.5, 0.6) is 5.75 Å². The van der Waals surface area contributed by atoms with Gasteiger partial charge in [0.15, 0.2) is 5.69 Å². The fourth-order valence-electron chi connectivity index (χ4n) is 2.59. The highest BCUT2D eigenvalue weighted by molar-refractivity contribution is 6.00. The molecule has 0 saturated heterocycles. The van der Waals surface area contributed by atoms with E-state index in [4.69, 9.17) is 4.74 Å². The van der Waals surface area contributed by atoms with Gasteiger partial charge in [0.05, 0.1) is 12.8 Å². The lowest BCUT2D eigenvalue weighted by molar-refractivity contribution is 0.0949. The number of methoxy groups -OCH3 is 1. The molecule has 0 bridgehead atoms. The van der Waals surface area contributed by atoms with Crippen LogP contribution in [-0.4, -0.2) is 28.9 Å². The number of carbonyl (C=O) groups is 1. The molecule has 0 fully saturated rings. The van der Waals surface area contributed by atoms with E-state index < -0.39 is 0 Å². The lowest BCUT2D eigenvalue weighted by atomic mass is 10.1. The number of aromatic nitrogens is 2. The highest BCUT2D eigenvalue weighted by Crippen LogP contribution is 2.22. The number of aromatic amines is 1. The maximum atomic E-state index is 12.2. The lowest BCUT2D eigenvalue weighted by Gasteiger charge is -2.04. The molecule has 0 unspecified atom stereocenters. The van der Waals surface area contributed by atoms with Gasteiger partial charge in [0.25, 0.3) is 5.91 Å². The average Bonchev–Trinajstić information content (AvgIpc) is 3.15. The van der Waals surface area contributed by atoms with Crippen molar-refractivity contribution >= 4 is 11.6 Å². The first-order valence-corrected chi connectivity index (χ1v) is 7.24. The van der Waals surface area contributed by atoms with E-state index in [-0.39, 0.29) is 5.91 Å². The molecule has 1 aromatic heterocycles. The first-order valence-electron chi connectivity index (χ1n) is 7.24. The number of aryl methyl sites for hydroxylation is 1. The van der Waals surface area contributed by atoms with Gasteiger partial charge in [0.2, 0.25) is 0 Å². The summed E-state index contributed by atoms with van der Waals surface area (Å²) in [7, 11) is 1.62. The second-order valence-corrected chi connectivity index (χ2v) is 5.25. The minimum absolute atomic E-state index is 0.271. The molecule has 6 nitrogen and oxygen atoms in total. The van der Waals surface area contributed by atoms with Crippen LogP contribution >= 0.6 is 0 Å². The maximum Gasteiger partial charge on any atom is 0.292 e. The molecule has 2 aromatic rings. The third kappa shape index (κ3) is 2.72. The van der Waals surface area contributed by atoms with Crippen molar-refractivity contribution in [2.45, 2.75) is 26.2 Å². The Labute approximate surface area is 128 Å². The molecular formula is C16H18N4O2. The van der Waals surface area contributed by atoms with Gasteiger partial charge in [-0.3, -0.25) is 9.89 Å². The minimum Gasteiger partial charge on any atom is -0.497 e. The number of fused-ring (bicyclic) bond motifs is 1. The van der Waals surface area contributed by atoms with Crippen LogP contribution in [0.1, 0.15) is 40.7 Å². The van der Waals surface area contributed by atoms with E-state index in [1.165, 1.54) is 0 Å². The second kappa shape index (κ2) is 6.01. The molecule has 1 aromatic carbocycles. The third-order valence-electron chi connectivity index (χ3n) is 3.85. The fourth-order valence-corrected chi connectivity index (χ4v) is 2.59. The van der Waals surface area contributed by atoms with E-state index in [1.54, 1.807) is 7.11 Å². The van der Waals surface area contributed by atoms with Crippen LogP contribution in [0.4, 0.5) is 0 Å². The van der Waals surface area contributed by atoms with Crippen molar-refractivity contribution in [3.63, 3.8) is 0 Å². The molecule has 0 atom stereocenters. The smallest absolute Gasteiger partial charge is 0.292 e. The summed E-state index contributed by atoms with van der Waals surface area (Å²) in [5, 5.41) is 11.2. The molecule has 3 rings (SSSR count). The van der Waals surface area contributed by atoms with Crippen molar-refractivity contribution < 1.29 is 9.53 Å². The molecule has 0 aliphatic heterocycles. The van der Waals surface area contributed by atoms with Gasteiger partial charge in [0.1, 0.15) is 5.75 Å². The van der Waals surface area contributed by atoms with Gasteiger partial charge in [0, 0.05) is 11.3 Å². The Bertz CT molecular complexity index is 716. The van der Waals surface area contributed by atoms with Crippen molar-refractivity contribution in [2.75, 3.05) is 7.11 Å². The van der Waals surface area contributed by atoms with Crippen LogP contribution in [-0.2, 0) is 12.8 Å². The highest BCUT2D eigenvalue weighted by atomic mass is 16.5. The van der Waals surface area contributed by atoms with Crippen molar-refractivity contribution in [3.05, 3.63) is 46.8 Å². The maximum absolute atomic E-state index is 12.2. The predicted molar refractivity (Wildman–Crippen MR) is 83.3 cm³/mol. The Morgan fingerprint density at radius 3 is 2.82 bits per heavy atom. The second-order valence-electron chi connectivity index (χ2n) is 5.25. The number of carbonyl (C=O) groups excluding carboxylic acids is 1. The minimum atomic E-state index is -0.271. The summed E-state index contributed by atoms with van der Waals surface area (Å²) < 4.78 is 5.12. The molecular weight excluding hydrogens is 280 g/mol. The van der Waals surface area contributed by atoms with Gasteiger partial charge in [-0.15, -0.1) is 0 Å².